The molecule has 0 spiro atoms. The number of rotatable bonds is 13. The van der Waals surface area contributed by atoms with E-state index in [-0.39, 0.29) is 30.5 Å². The minimum Gasteiger partial charge on any atom is -0.507 e. The second-order valence-electron chi connectivity index (χ2n) is 8.52. The highest BCUT2D eigenvalue weighted by molar-refractivity contribution is 6.10. The van der Waals surface area contributed by atoms with Gasteiger partial charge >= 0.3 is 0 Å². The molecule has 0 radical (unpaired) electrons. The fourth-order valence-corrected chi connectivity index (χ4v) is 3.78. The summed E-state index contributed by atoms with van der Waals surface area (Å²) in [5.74, 6) is 0.942. The molecule has 0 unspecified atom stereocenters. The third kappa shape index (κ3) is 7.63. The van der Waals surface area contributed by atoms with E-state index in [4.69, 9.17) is 23.7 Å². The Labute approximate surface area is 227 Å². The van der Waals surface area contributed by atoms with Gasteiger partial charge in [0.1, 0.15) is 36.0 Å². The summed E-state index contributed by atoms with van der Waals surface area (Å²) in [6, 6.07) is 27.7. The van der Waals surface area contributed by atoms with Crippen molar-refractivity contribution >= 4 is 11.9 Å². The Kier molecular flexibility index (Phi) is 9.58. The van der Waals surface area contributed by atoms with Gasteiger partial charge in [-0.1, -0.05) is 72.8 Å². The summed E-state index contributed by atoms with van der Waals surface area (Å²) in [6.07, 6.45) is 3.01. The van der Waals surface area contributed by atoms with Crippen molar-refractivity contribution in [1.29, 1.82) is 0 Å². The average molecular weight is 527 g/mol. The van der Waals surface area contributed by atoms with E-state index in [1.165, 1.54) is 19.3 Å². The van der Waals surface area contributed by atoms with E-state index in [2.05, 4.69) is 0 Å². The van der Waals surface area contributed by atoms with Crippen LogP contribution in [-0.2, 0) is 18.0 Å². The van der Waals surface area contributed by atoms with Crippen molar-refractivity contribution in [3.63, 3.8) is 0 Å². The topological polar surface area (TPSA) is 83.5 Å². The van der Waals surface area contributed by atoms with E-state index in [1.54, 1.807) is 31.4 Å². The molecule has 4 aromatic carbocycles. The Hall–Kier alpha value is -4.75. The van der Waals surface area contributed by atoms with Gasteiger partial charge in [-0.15, -0.1) is 0 Å². The predicted molar refractivity (Wildman–Crippen MR) is 149 cm³/mol. The number of allylic oxidation sites excluding steroid dienone is 1. The number of ketones is 1. The van der Waals surface area contributed by atoms with Crippen molar-refractivity contribution in [3.8, 4) is 28.7 Å². The van der Waals surface area contributed by atoms with Crippen LogP contribution >= 0.6 is 0 Å². The number of methoxy groups -OCH3 is 2. The van der Waals surface area contributed by atoms with Gasteiger partial charge in [-0.25, -0.2) is 0 Å². The average Bonchev–Trinajstić information content (AvgIpc) is 2.97. The SMILES string of the molecule is COCOc1cc(O)c(C(=O)/C=C\c2ccc(OCc3ccccc3)c(OC)c2)c(OCc2ccccc2)c1. The largest absolute Gasteiger partial charge is 0.507 e. The molecule has 0 aromatic heterocycles. The van der Waals surface area contributed by atoms with E-state index >= 15 is 0 Å². The van der Waals surface area contributed by atoms with Gasteiger partial charge in [0, 0.05) is 19.2 Å². The normalized spacial score (nSPS) is 10.8. The van der Waals surface area contributed by atoms with Crippen molar-refractivity contribution < 1.29 is 33.6 Å². The van der Waals surface area contributed by atoms with Gasteiger partial charge < -0.3 is 28.8 Å². The minimum absolute atomic E-state index is 0.0162. The van der Waals surface area contributed by atoms with Gasteiger partial charge in [-0.05, 0) is 34.9 Å². The number of ether oxygens (including phenoxy) is 5. The fraction of sp³-hybridized carbons (Fsp3) is 0.156. The van der Waals surface area contributed by atoms with Crippen LogP contribution in [0, 0.1) is 0 Å². The molecule has 0 aliphatic rings. The van der Waals surface area contributed by atoms with Crippen LogP contribution in [0.4, 0.5) is 0 Å². The van der Waals surface area contributed by atoms with Crippen molar-refractivity contribution in [3.05, 3.63) is 119 Å². The summed E-state index contributed by atoms with van der Waals surface area (Å²) in [4.78, 5) is 13.2. The molecule has 200 valence electrons. The van der Waals surface area contributed by atoms with Gasteiger partial charge in [0.2, 0.25) is 0 Å². The quantitative estimate of drug-likeness (QED) is 0.122. The molecule has 0 fully saturated rings. The van der Waals surface area contributed by atoms with Crippen molar-refractivity contribution in [2.45, 2.75) is 13.2 Å². The van der Waals surface area contributed by atoms with Gasteiger partial charge in [-0.2, -0.15) is 0 Å². The van der Waals surface area contributed by atoms with Gasteiger partial charge in [0.15, 0.2) is 24.1 Å². The zero-order valence-corrected chi connectivity index (χ0v) is 21.8. The number of phenolic OH excluding ortho intramolecular Hbond substituents is 1. The zero-order chi connectivity index (χ0) is 27.5. The van der Waals surface area contributed by atoms with E-state index < -0.39 is 5.78 Å². The maximum absolute atomic E-state index is 13.2. The lowest BCUT2D eigenvalue weighted by molar-refractivity contribution is 0.0507. The zero-order valence-electron chi connectivity index (χ0n) is 21.8. The number of carbonyl (C=O) groups is 1. The third-order valence-corrected chi connectivity index (χ3v) is 5.73. The van der Waals surface area contributed by atoms with Crippen molar-refractivity contribution in [1.82, 2.24) is 0 Å². The number of phenols is 1. The van der Waals surface area contributed by atoms with E-state index in [9.17, 15) is 9.90 Å². The Morgan fingerprint density at radius 1 is 0.744 bits per heavy atom. The summed E-state index contributed by atoms with van der Waals surface area (Å²) in [5.41, 5.74) is 2.70. The van der Waals surface area contributed by atoms with Crippen LogP contribution in [0.2, 0.25) is 0 Å². The highest BCUT2D eigenvalue weighted by Crippen LogP contribution is 2.35. The van der Waals surface area contributed by atoms with Gasteiger partial charge in [0.25, 0.3) is 0 Å². The van der Waals surface area contributed by atoms with Gasteiger partial charge in [0.05, 0.1) is 7.11 Å². The smallest absolute Gasteiger partial charge is 0.193 e. The number of benzene rings is 4. The lowest BCUT2D eigenvalue weighted by Crippen LogP contribution is -2.05. The summed E-state index contributed by atoms with van der Waals surface area (Å²) < 4.78 is 27.8. The molecule has 0 amide bonds. The molecule has 0 bridgehead atoms. The predicted octanol–water partition coefficient (Wildman–Crippen LogP) is 6.44. The minimum atomic E-state index is -0.433. The summed E-state index contributed by atoms with van der Waals surface area (Å²) >= 11 is 0. The second-order valence-corrected chi connectivity index (χ2v) is 8.52. The van der Waals surface area contributed by atoms with Crippen LogP contribution in [0.25, 0.3) is 6.08 Å². The molecule has 0 heterocycles. The molecule has 7 nitrogen and oxygen atoms in total. The molecule has 0 aliphatic heterocycles. The highest BCUT2D eigenvalue weighted by atomic mass is 16.7. The molecular weight excluding hydrogens is 496 g/mol. The molecule has 1 N–H and O–H groups in total. The van der Waals surface area contributed by atoms with Crippen LogP contribution < -0.4 is 18.9 Å². The summed E-state index contributed by atoms with van der Waals surface area (Å²) in [7, 11) is 3.05. The lowest BCUT2D eigenvalue weighted by Gasteiger charge is -2.14. The maximum Gasteiger partial charge on any atom is 0.193 e. The van der Waals surface area contributed by atoms with E-state index in [0.29, 0.717) is 23.9 Å². The number of aromatic hydroxyl groups is 1. The van der Waals surface area contributed by atoms with Crippen LogP contribution in [-0.4, -0.2) is 31.9 Å². The first-order chi connectivity index (χ1) is 19.1. The second kappa shape index (κ2) is 13.7. The molecule has 0 atom stereocenters. The molecular formula is C32H30O7. The van der Waals surface area contributed by atoms with Crippen molar-refractivity contribution in [2.24, 2.45) is 0 Å². The Morgan fingerprint density at radius 3 is 2.00 bits per heavy atom. The molecule has 39 heavy (non-hydrogen) atoms. The van der Waals surface area contributed by atoms with Crippen LogP contribution in [0.3, 0.4) is 0 Å². The monoisotopic (exact) mass is 526 g/mol. The molecule has 0 saturated heterocycles. The standard InChI is InChI=1S/C32H30O7/c1-35-22-39-26-18-28(34)32(31(19-26)38-21-25-11-7-4-8-12-25)27(33)15-13-23-14-16-29(30(17-23)36-2)37-20-24-9-5-3-6-10-24/h3-19,34H,20-22H2,1-2H3/b15-13-. The molecule has 4 rings (SSSR count). The number of hydrogen-bond acceptors (Lipinski definition) is 7. The molecule has 4 aromatic rings. The summed E-state index contributed by atoms with van der Waals surface area (Å²) in [5, 5.41) is 10.7. The molecule has 7 heteroatoms. The Bertz CT molecular complexity index is 1400. The van der Waals surface area contributed by atoms with E-state index in [1.807, 2.05) is 66.7 Å². The first-order valence-corrected chi connectivity index (χ1v) is 12.3. The summed E-state index contributed by atoms with van der Waals surface area (Å²) in [6.45, 7) is 0.595. The highest BCUT2D eigenvalue weighted by Gasteiger charge is 2.19. The number of hydrogen-bond donors (Lipinski definition) is 1. The number of carbonyl (C=O) groups excluding carboxylic acids is 1. The van der Waals surface area contributed by atoms with Crippen molar-refractivity contribution in [2.75, 3.05) is 21.0 Å². The Morgan fingerprint density at radius 2 is 1.38 bits per heavy atom. The lowest BCUT2D eigenvalue weighted by atomic mass is 10.1. The maximum atomic E-state index is 13.2. The van der Waals surface area contributed by atoms with Crippen LogP contribution in [0.1, 0.15) is 27.0 Å². The molecule has 0 aliphatic carbocycles. The Balaban J connectivity index is 1.53. The van der Waals surface area contributed by atoms with Crippen LogP contribution in [0.15, 0.2) is 97.1 Å². The van der Waals surface area contributed by atoms with E-state index in [0.717, 1.165) is 16.7 Å². The third-order valence-electron chi connectivity index (χ3n) is 5.73. The molecule has 0 saturated carbocycles. The van der Waals surface area contributed by atoms with Gasteiger partial charge in [-0.3, -0.25) is 4.79 Å². The first-order valence-electron chi connectivity index (χ1n) is 12.3. The first kappa shape index (κ1) is 27.3. The fourth-order valence-electron chi connectivity index (χ4n) is 3.78. The van der Waals surface area contributed by atoms with Crippen LogP contribution in [0.5, 0.6) is 28.7 Å².